The molecule has 2 amide bonds. The summed E-state index contributed by atoms with van der Waals surface area (Å²) in [4.78, 5) is 27.3. The maximum Gasteiger partial charge on any atom is 0.414 e. The van der Waals surface area contributed by atoms with Gasteiger partial charge in [-0.15, -0.1) is 6.42 Å². The van der Waals surface area contributed by atoms with E-state index in [0.717, 1.165) is 18.4 Å². The fraction of sp³-hybridized carbons (Fsp3) is 0.524. The summed E-state index contributed by atoms with van der Waals surface area (Å²) in [6, 6.07) is 5.59. The molecule has 1 aromatic carbocycles. The van der Waals surface area contributed by atoms with Gasteiger partial charge < -0.3 is 14.4 Å². The first-order chi connectivity index (χ1) is 12.6. The van der Waals surface area contributed by atoms with Gasteiger partial charge in [-0.25, -0.2) is 9.59 Å². The first kappa shape index (κ1) is 20.6. The van der Waals surface area contributed by atoms with Gasteiger partial charge in [0.1, 0.15) is 11.4 Å². The normalized spacial score (nSPS) is 15.9. The van der Waals surface area contributed by atoms with Crippen molar-refractivity contribution in [3.05, 3.63) is 29.3 Å². The third kappa shape index (κ3) is 5.65. The van der Waals surface area contributed by atoms with Crippen LogP contribution in [0.3, 0.4) is 0 Å². The Morgan fingerprint density at radius 3 is 2.52 bits per heavy atom. The van der Waals surface area contributed by atoms with Crippen LogP contribution in [-0.2, 0) is 17.6 Å². The van der Waals surface area contributed by atoms with E-state index in [2.05, 4.69) is 5.92 Å². The highest BCUT2D eigenvalue weighted by Gasteiger charge is 2.30. The first-order valence-electron chi connectivity index (χ1n) is 9.04. The molecule has 146 valence electrons. The van der Waals surface area contributed by atoms with Crippen molar-refractivity contribution in [2.75, 3.05) is 20.6 Å². The summed E-state index contributed by atoms with van der Waals surface area (Å²) in [6.45, 7) is 5.70. The molecule has 0 saturated carbocycles. The quantitative estimate of drug-likeness (QED) is 0.762. The minimum absolute atomic E-state index is 0.0526. The zero-order valence-corrected chi connectivity index (χ0v) is 16.7. The number of carbonyl (C=O) groups is 2. The summed E-state index contributed by atoms with van der Waals surface area (Å²) in [5.74, 6) is 3.05. The molecular formula is C21H28N2O4. The van der Waals surface area contributed by atoms with Gasteiger partial charge in [0.25, 0.3) is 0 Å². The molecule has 0 saturated heterocycles. The third-order valence-electron chi connectivity index (χ3n) is 4.28. The number of benzene rings is 1. The number of nitrogens with zero attached hydrogens (tertiary/aromatic N) is 2. The lowest BCUT2D eigenvalue weighted by molar-refractivity contribution is 0.0179. The number of terminal acetylenes is 1. The van der Waals surface area contributed by atoms with Crippen LogP contribution < -0.4 is 4.74 Å². The number of fused-ring (bicyclic) bond motifs is 1. The Morgan fingerprint density at radius 1 is 1.22 bits per heavy atom. The summed E-state index contributed by atoms with van der Waals surface area (Å²) in [5, 5.41) is 0. The number of hydrogen-bond acceptors (Lipinski definition) is 4. The monoisotopic (exact) mass is 372 g/mol. The molecule has 0 radical (unpaired) electrons. The number of amides is 2. The van der Waals surface area contributed by atoms with Gasteiger partial charge >= 0.3 is 12.2 Å². The van der Waals surface area contributed by atoms with E-state index in [0.29, 0.717) is 12.2 Å². The zero-order valence-electron chi connectivity index (χ0n) is 16.7. The van der Waals surface area contributed by atoms with Gasteiger partial charge in [-0.1, -0.05) is 12.0 Å². The van der Waals surface area contributed by atoms with Gasteiger partial charge in [0.2, 0.25) is 0 Å². The number of ether oxygens (including phenoxy) is 2. The molecule has 0 aliphatic heterocycles. The van der Waals surface area contributed by atoms with E-state index in [1.807, 2.05) is 32.9 Å². The smallest absolute Gasteiger partial charge is 0.414 e. The fourth-order valence-corrected chi connectivity index (χ4v) is 3.00. The molecule has 1 aromatic rings. The van der Waals surface area contributed by atoms with Crippen molar-refractivity contribution in [3.63, 3.8) is 0 Å². The highest BCUT2D eigenvalue weighted by molar-refractivity contribution is 5.70. The second-order valence-corrected chi connectivity index (χ2v) is 7.90. The van der Waals surface area contributed by atoms with Crippen molar-refractivity contribution in [1.82, 2.24) is 9.80 Å². The Balaban J connectivity index is 2.17. The van der Waals surface area contributed by atoms with Crippen LogP contribution in [0.15, 0.2) is 18.2 Å². The topological polar surface area (TPSA) is 59.1 Å². The van der Waals surface area contributed by atoms with Gasteiger partial charge in [0.15, 0.2) is 0 Å². The van der Waals surface area contributed by atoms with Crippen molar-refractivity contribution in [3.8, 4) is 18.1 Å². The van der Waals surface area contributed by atoms with Crippen LogP contribution in [0.25, 0.3) is 0 Å². The summed E-state index contributed by atoms with van der Waals surface area (Å²) < 4.78 is 10.9. The average molecular weight is 372 g/mol. The van der Waals surface area contributed by atoms with Crippen LogP contribution in [0, 0.1) is 12.3 Å². The number of aryl methyl sites for hydroxylation is 1. The van der Waals surface area contributed by atoms with Gasteiger partial charge in [-0.05, 0) is 63.3 Å². The van der Waals surface area contributed by atoms with Crippen LogP contribution in [0.5, 0.6) is 5.75 Å². The largest absolute Gasteiger partial charge is 0.444 e. The first-order valence-corrected chi connectivity index (χ1v) is 9.04. The average Bonchev–Trinajstić information content (AvgIpc) is 2.57. The van der Waals surface area contributed by atoms with Crippen molar-refractivity contribution in [2.24, 2.45) is 0 Å². The summed E-state index contributed by atoms with van der Waals surface area (Å²) in [5.41, 5.74) is 1.67. The van der Waals surface area contributed by atoms with E-state index < -0.39 is 17.8 Å². The Labute approximate surface area is 161 Å². The maximum atomic E-state index is 12.6. The SMILES string of the molecule is C#CCN(C(=O)OC(C)(C)C)C1CCc2ccc(OC(=O)N(C)C)cc2C1. The van der Waals surface area contributed by atoms with Gasteiger partial charge in [-0.2, -0.15) is 0 Å². The number of rotatable bonds is 3. The molecule has 0 bridgehead atoms. The molecule has 0 spiro atoms. The van der Waals surface area contributed by atoms with E-state index in [1.165, 1.54) is 10.5 Å². The van der Waals surface area contributed by atoms with Crippen molar-refractivity contribution in [1.29, 1.82) is 0 Å². The second kappa shape index (κ2) is 8.34. The van der Waals surface area contributed by atoms with E-state index in [4.69, 9.17) is 15.9 Å². The Hall–Kier alpha value is -2.68. The molecule has 6 heteroatoms. The van der Waals surface area contributed by atoms with Crippen molar-refractivity contribution in [2.45, 2.75) is 51.7 Å². The van der Waals surface area contributed by atoms with Crippen molar-refractivity contribution >= 4 is 12.2 Å². The van der Waals surface area contributed by atoms with Gasteiger partial charge in [0.05, 0.1) is 6.54 Å². The third-order valence-corrected chi connectivity index (χ3v) is 4.28. The van der Waals surface area contributed by atoms with Crippen LogP contribution in [-0.4, -0.2) is 54.3 Å². The molecule has 0 fully saturated rings. The Morgan fingerprint density at radius 2 is 1.93 bits per heavy atom. The Kier molecular flexibility index (Phi) is 6.37. The summed E-state index contributed by atoms with van der Waals surface area (Å²) in [6.07, 6.45) is 6.93. The molecule has 0 heterocycles. The minimum Gasteiger partial charge on any atom is -0.444 e. The molecule has 0 N–H and O–H groups in total. The fourth-order valence-electron chi connectivity index (χ4n) is 3.00. The molecule has 6 nitrogen and oxygen atoms in total. The van der Waals surface area contributed by atoms with Gasteiger partial charge in [-0.3, -0.25) is 4.90 Å². The predicted octanol–water partition coefficient (Wildman–Crippen LogP) is 3.47. The molecule has 1 atom stereocenters. The lowest BCUT2D eigenvalue weighted by atomic mass is 9.87. The Bertz CT molecular complexity index is 744. The standard InChI is InChI=1S/C21H28N2O4/c1-7-12-23(20(25)27-21(2,3)4)17-10-8-15-9-11-18(14-16(15)13-17)26-19(24)22(5)6/h1,9,11,14,17H,8,10,12-13H2,2-6H3. The molecule has 1 aliphatic rings. The molecule has 1 aliphatic carbocycles. The van der Waals surface area contributed by atoms with E-state index >= 15 is 0 Å². The van der Waals surface area contributed by atoms with Crippen LogP contribution in [0.2, 0.25) is 0 Å². The second-order valence-electron chi connectivity index (χ2n) is 7.90. The minimum atomic E-state index is -0.579. The maximum absolute atomic E-state index is 12.6. The molecule has 2 rings (SSSR count). The summed E-state index contributed by atoms with van der Waals surface area (Å²) >= 11 is 0. The van der Waals surface area contributed by atoms with Crippen LogP contribution >= 0.6 is 0 Å². The molecule has 0 aromatic heterocycles. The van der Waals surface area contributed by atoms with E-state index in [-0.39, 0.29) is 12.6 Å². The molecule has 1 unspecified atom stereocenters. The predicted molar refractivity (Wildman–Crippen MR) is 104 cm³/mol. The lowest BCUT2D eigenvalue weighted by Crippen LogP contribution is -2.46. The van der Waals surface area contributed by atoms with E-state index in [1.54, 1.807) is 25.1 Å². The van der Waals surface area contributed by atoms with E-state index in [9.17, 15) is 9.59 Å². The van der Waals surface area contributed by atoms with Crippen molar-refractivity contribution < 1.29 is 19.1 Å². The van der Waals surface area contributed by atoms with Gasteiger partial charge in [0, 0.05) is 20.1 Å². The lowest BCUT2D eigenvalue weighted by Gasteiger charge is -2.35. The molecule has 27 heavy (non-hydrogen) atoms. The molecular weight excluding hydrogens is 344 g/mol. The van der Waals surface area contributed by atoms with Crippen LogP contribution in [0.4, 0.5) is 9.59 Å². The van der Waals surface area contributed by atoms with Crippen LogP contribution in [0.1, 0.15) is 38.3 Å². The number of carbonyl (C=O) groups excluding carboxylic acids is 2. The summed E-state index contributed by atoms with van der Waals surface area (Å²) in [7, 11) is 3.27. The highest BCUT2D eigenvalue weighted by Crippen LogP contribution is 2.29. The highest BCUT2D eigenvalue weighted by atomic mass is 16.6. The number of hydrogen-bond donors (Lipinski definition) is 0. The zero-order chi connectivity index (χ0) is 20.2.